The van der Waals surface area contributed by atoms with Gasteiger partial charge in [-0.15, -0.1) is 0 Å². The maximum Gasteiger partial charge on any atom is 0.410 e. The predicted octanol–water partition coefficient (Wildman–Crippen LogP) is 2.60. The maximum absolute atomic E-state index is 12.2. The molecule has 5 nitrogen and oxygen atoms in total. The maximum atomic E-state index is 12.2. The summed E-state index contributed by atoms with van der Waals surface area (Å²) in [5.74, 6) is -0.516. The lowest BCUT2D eigenvalue weighted by Gasteiger charge is -2.36. The first-order chi connectivity index (χ1) is 10.1. The molecule has 1 aliphatic rings. The van der Waals surface area contributed by atoms with Gasteiger partial charge in [-0.25, -0.2) is 4.79 Å². The van der Waals surface area contributed by atoms with Gasteiger partial charge < -0.3 is 14.4 Å². The minimum absolute atomic E-state index is 0.0779. The van der Waals surface area contributed by atoms with Gasteiger partial charge in [-0.05, 0) is 25.3 Å². The number of carbonyl (C=O) groups excluding carboxylic acids is 2. The van der Waals surface area contributed by atoms with Crippen molar-refractivity contribution in [1.29, 1.82) is 0 Å². The Hall–Kier alpha value is -2.04. The fourth-order valence-electron chi connectivity index (χ4n) is 2.52. The molecule has 1 aromatic rings. The largest absolute Gasteiger partial charge is 0.469 e. The number of piperidine rings is 1. The smallest absolute Gasteiger partial charge is 0.410 e. The average molecular weight is 291 g/mol. The quantitative estimate of drug-likeness (QED) is 0.803. The van der Waals surface area contributed by atoms with Crippen molar-refractivity contribution in [2.75, 3.05) is 13.7 Å². The Kier molecular flexibility index (Phi) is 5.20. The Morgan fingerprint density at radius 1 is 1.24 bits per heavy atom. The third-order valence-electron chi connectivity index (χ3n) is 3.86. The van der Waals surface area contributed by atoms with Crippen molar-refractivity contribution in [1.82, 2.24) is 4.90 Å². The molecule has 1 amide bonds. The van der Waals surface area contributed by atoms with Gasteiger partial charge in [0.1, 0.15) is 6.61 Å². The summed E-state index contributed by atoms with van der Waals surface area (Å²) in [6.07, 6.45) is 1.15. The van der Waals surface area contributed by atoms with E-state index in [1.54, 1.807) is 4.90 Å². The summed E-state index contributed by atoms with van der Waals surface area (Å²) < 4.78 is 10.1. The molecule has 1 aromatic carbocycles. The third-order valence-corrected chi connectivity index (χ3v) is 3.86. The minimum atomic E-state index is -0.375. The number of esters is 1. The molecular weight excluding hydrogens is 270 g/mol. The molecule has 2 atom stereocenters. The molecule has 1 aliphatic heterocycles. The predicted molar refractivity (Wildman–Crippen MR) is 77.5 cm³/mol. The second-order valence-electron chi connectivity index (χ2n) is 5.34. The van der Waals surface area contributed by atoms with Crippen molar-refractivity contribution < 1.29 is 19.1 Å². The van der Waals surface area contributed by atoms with Crippen molar-refractivity contribution in [2.24, 2.45) is 5.92 Å². The molecular formula is C16H21NO4. The van der Waals surface area contributed by atoms with Crippen LogP contribution >= 0.6 is 0 Å². The average Bonchev–Trinajstić information content (AvgIpc) is 2.53. The molecule has 1 saturated heterocycles. The highest BCUT2D eigenvalue weighted by Gasteiger charge is 2.33. The van der Waals surface area contributed by atoms with Gasteiger partial charge in [0.25, 0.3) is 0 Å². The number of likely N-dealkylation sites (tertiary alicyclic amines) is 1. The SMILES string of the molecule is COC(=O)[C@@H]1CC[C@@H](C)N(C(=O)OCc2ccccc2)C1. The van der Waals surface area contributed by atoms with E-state index in [1.165, 1.54) is 7.11 Å². The van der Waals surface area contributed by atoms with Crippen molar-refractivity contribution >= 4 is 12.1 Å². The van der Waals surface area contributed by atoms with Crippen LogP contribution in [0.15, 0.2) is 30.3 Å². The molecule has 0 aliphatic carbocycles. The van der Waals surface area contributed by atoms with Gasteiger partial charge in [0, 0.05) is 12.6 Å². The van der Waals surface area contributed by atoms with Crippen LogP contribution in [0.1, 0.15) is 25.3 Å². The topological polar surface area (TPSA) is 55.8 Å². The summed E-state index contributed by atoms with van der Waals surface area (Å²) in [5, 5.41) is 0. The van der Waals surface area contributed by atoms with E-state index in [-0.39, 0.29) is 30.6 Å². The van der Waals surface area contributed by atoms with Crippen molar-refractivity contribution in [3.8, 4) is 0 Å². The van der Waals surface area contributed by atoms with E-state index in [9.17, 15) is 9.59 Å². The van der Waals surface area contributed by atoms with Gasteiger partial charge in [-0.3, -0.25) is 4.79 Å². The number of rotatable bonds is 3. The van der Waals surface area contributed by atoms with Crippen molar-refractivity contribution in [3.05, 3.63) is 35.9 Å². The molecule has 0 bridgehead atoms. The zero-order valence-corrected chi connectivity index (χ0v) is 12.5. The molecule has 5 heteroatoms. The molecule has 0 saturated carbocycles. The van der Waals surface area contributed by atoms with Crippen LogP contribution in [0.2, 0.25) is 0 Å². The number of methoxy groups -OCH3 is 1. The number of amides is 1. The first-order valence-corrected chi connectivity index (χ1v) is 7.17. The monoisotopic (exact) mass is 291 g/mol. The highest BCUT2D eigenvalue weighted by molar-refractivity contribution is 5.75. The molecule has 0 spiro atoms. The number of benzene rings is 1. The van der Waals surface area contributed by atoms with Crippen molar-refractivity contribution in [3.63, 3.8) is 0 Å². The molecule has 1 fully saturated rings. The number of nitrogens with zero attached hydrogens (tertiary/aromatic N) is 1. The zero-order chi connectivity index (χ0) is 15.2. The Morgan fingerprint density at radius 3 is 2.62 bits per heavy atom. The lowest BCUT2D eigenvalue weighted by Crippen LogP contribution is -2.47. The highest BCUT2D eigenvalue weighted by Crippen LogP contribution is 2.23. The fraction of sp³-hybridized carbons (Fsp3) is 0.500. The summed E-state index contributed by atoms with van der Waals surface area (Å²) in [7, 11) is 1.37. The van der Waals surface area contributed by atoms with Crippen LogP contribution in [0.5, 0.6) is 0 Å². The van der Waals surface area contributed by atoms with E-state index >= 15 is 0 Å². The summed E-state index contributed by atoms with van der Waals surface area (Å²) >= 11 is 0. The lowest BCUT2D eigenvalue weighted by molar-refractivity contribution is -0.147. The number of carbonyl (C=O) groups is 2. The Labute approximate surface area is 124 Å². The van der Waals surface area contributed by atoms with Gasteiger partial charge in [-0.2, -0.15) is 0 Å². The molecule has 0 radical (unpaired) electrons. The van der Waals surface area contributed by atoms with Crippen LogP contribution in [-0.4, -0.2) is 36.7 Å². The van der Waals surface area contributed by atoms with E-state index < -0.39 is 0 Å². The van der Waals surface area contributed by atoms with Crippen LogP contribution in [-0.2, 0) is 20.9 Å². The molecule has 0 aromatic heterocycles. The standard InChI is InChI=1S/C16H21NO4/c1-12-8-9-14(15(18)20-2)10-17(12)16(19)21-11-13-6-4-3-5-7-13/h3-7,12,14H,8-11H2,1-2H3/t12-,14-/m1/s1. The third kappa shape index (κ3) is 3.97. The van der Waals surface area contributed by atoms with Crippen LogP contribution < -0.4 is 0 Å². The normalized spacial score (nSPS) is 21.7. The Morgan fingerprint density at radius 2 is 1.95 bits per heavy atom. The van der Waals surface area contributed by atoms with E-state index in [4.69, 9.17) is 9.47 Å². The highest BCUT2D eigenvalue weighted by atomic mass is 16.6. The number of ether oxygens (including phenoxy) is 2. The molecule has 0 N–H and O–H groups in total. The summed E-state index contributed by atoms with van der Waals surface area (Å²) in [5.41, 5.74) is 0.944. The fourth-order valence-corrected chi connectivity index (χ4v) is 2.52. The van der Waals surface area contributed by atoms with Crippen LogP contribution in [0, 0.1) is 5.92 Å². The van der Waals surface area contributed by atoms with E-state index in [1.807, 2.05) is 37.3 Å². The second kappa shape index (κ2) is 7.11. The molecule has 2 rings (SSSR count). The molecule has 114 valence electrons. The first-order valence-electron chi connectivity index (χ1n) is 7.17. The molecule has 0 unspecified atom stereocenters. The van der Waals surface area contributed by atoms with E-state index in [0.717, 1.165) is 18.4 Å². The summed E-state index contributed by atoms with van der Waals surface area (Å²) in [4.78, 5) is 25.4. The van der Waals surface area contributed by atoms with Crippen molar-refractivity contribution in [2.45, 2.75) is 32.4 Å². The van der Waals surface area contributed by atoms with Gasteiger partial charge in [0.2, 0.25) is 0 Å². The molecule has 21 heavy (non-hydrogen) atoms. The van der Waals surface area contributed by atoms with Gasteiger partial charge in [-0.1, -0.05) is 30.3 Å². The minimum Gasteiger partial charge on any atom is -0.469 e. The van der Waals surface area contributed by atoms with Crippen LogP contribution in [0.4, 0.5) is 4.79 Å². The zero-order valence-electron chi connectivity index (χ0n) is 12.5. The number of hydrogen-bond donors (Lipinski definition) is 0. The first kappa shape index (κ1) is 15.4. The Balaban J connectivity index is 1.92. The number of hydrogen-bond acceptors (Lipinski definition) is 4. The van der Waals surface area contributed by atoms with Gasteiger partial charge in [0.15, 0.2) is 0 Å². The molecule has 1 heterocycles. The van der Waals surface area contributed by atoms with Gasteiger partial charge in [0.05, 0.1) is 13.0 Å². The summed E-state index contributed by atoms with van der Waals surface area (Å²) in [6, 6.07) is 9.61. The van der Waals surface area contributed by atoms with Crippen LogP contribution in [0.25, 0.3) is 0 Å². The lowest BCUT2D eigenvalue weighted by atomic mass is 9.94. The van der Waals surface area contributed by atoms with E-state index in [2.05, 4.69) is 0 Å². The van der Waals surface area contributed by atoms with Gasteiger partial charge >= 0.3 is 12.1 Å². The second-order valence-corrected chi connectivity index (χ2v) is 5.34. The van der Waals surface area contributed by atoms with E-state index in [0.29, 0.717) is 6.54 Å². The Bertz CT molecular complexity index is 488. The summed E-state index contributed by atoms with van der Waals surface area (Å²) in [6.45, 7) is 2.57. The van der Waals surface area contributed by atoms with Crippen LogP contribution in [0.3, 0.4) is 0 Å².